The van der Waals surface area contributed by atoms with Crippen molar-refractivity contribution < 1.29 is 14.6 Å². The molecule has 0 radical (unpaired) electrons. The van der Waals surface area contributed by atoms with Crippen molar-refractivity contribution in [3.05, 3.63) is 36.5 Å². The van der Waals surface area contributed by atoms with Gasteiger partial charge in [0.25, 0.3) is 0 Å². The summed E-state index contributed by atoms with van der Waals surface area (Å²) < 4.78 is 5.59. The Morgan fingerprint density at radius 1 is 1.28 bits per heavy atom. The molecule has 4 nitrogen and oxygen atoms in total. The second kappa shape index (κ2) is 5.04. The van der Waals surface area contributed by atoms with Crippen LogP contribution in [0.4, 0.5) is 0 Å². The fourth-order valence-corrected chi connectivity index (χ4v) is 1.78. The van der Waals surface area contributed by atoms with E-state index in [4.69, 9.17) is 9.84 Å². The van der Waals surface area contributed by atoms with Crippen LogP contribution in [0.3, 0.4) is 0 Å². The summed E-state index contributed by atoms with van der Waals surface area (Å²) in [5, 5.41) is 10.1. The van der Waals surface area contributed by atoms with Gasteiger partial charge < -0.3 is 9.84 Å². The van der Waals surface area contributed by atoms with Crippen molar-refractivity contribution in [1.29, 1.82) is 0 Å². The first kappa shape index (κ1) is 12.4. The van der Waals surface area contributed by atoms with Crippen molar-refractivity contribution in [2.45, 2.75) is 20.0 Å². The van der Waals surface area contributed by atoms with Crippen LogP contribution in [0.2, 0.25) is 0 Å². The van der Waals surface area contributed by atoms with E-state index in [-0.39, 0.29) is 5.92 Å². The number of aromatic nitrogens is 1. The Bertz CT molecular complexity index is 560. The van der Waals surface area contributed by atoms with Gasteiger partial charge in [-0.3, -0.25) is 4.98 Å². The molecule has 1 atom stereocenters. The predicted octanol–water partition coefficient (Wildman–Crippen LogP) is 2.72. The van der Waals surface area contributed by atoms with Crippen LogP contribution in [0.5, 0.6) is 5.75 Å². The van der Waals surface area contributed by atoms with Gasteiger partial charge in [0.2, 0.25) is 0 Å². The fourth-order valence-electron chi connectivity index (χ4n) is 1.78. The number of aliphatic carboxylic acids is 1. The number of carbonyl (C=O) groups is 1. The molecular formula is C14H15NO3. The lowest BCUT2D eigenvalue weighted by Crippen LogP contribution is -2.32. The van der Waals surface area contributed by atoms with Crippen molar-refractivity contribution in [3.63, 3.8) is 0 Å². The van der Waals surface area contributed by atoms with Crippen molar-refractivity contribution in [3.8, 4) is 5.75 Å². The molecule has 0 amide bonds. The number of rotatable bonds is 4. The molecule has 0 fully saturated rings. The van der Waals surface area contributed by atoms with E-state index in [1.165, 1.54) is 0 Å². The molecule has 0 bridgehead atoms. The topological polar surface area (TPSA) is 59.4 Å². The Hall–Kier alpha value is -2.10. The fraction of sp³-hybridized carbons (Fsp3) is 0.286. The Labute approximate surface area is 105 Å². The van der Waals surface area contributed by atoms with E-state index >= 15 is 0 Å². The van der Waals surface area contributed by atoms with E-state index in [9.17, 15) is 4.79 Å². The monoisotopic (exact) mass is 245 g/mol. The van der Waals surface area contributed by atoms with Crippen LogP contribution in [0.15, 0.2) is 36.5 Å². The number of pyridine rings is 1. The highest BCUT2D eigenvalue weighted by Crippen LogP contribution is 2.25. The van der Waals surface area contributed by atoms with Gasteiger partial charge in [-0.2, -0.15) is 0 Å². The highest BCUT2D eigenvalue weighted by atomic mass is 16.5. The minimum atomic E-state index is -0.960. The number of hydrogen-bond acceptors (Lipinski definition) is 3. The number of carboxylic acids is 1. The zero-order valence-corrected chi connectivity index (χ0v) is 10.3. The molecule has 0 aliphatic rings. The van der Waals surface area contributed by atoms with Crippen molar-refractivity contribution in [1.82, 2.24) is 4.98 Å². The van der Waals surface area contributed by atoms with Gasteiger partial charge in [0, 0.05) is 17.5 Å². The lowest BCUT2D eigenvalue weighted by atomic mass is 10.1. The van der Waals surface area contributed by atoms with Crippen LogP contribution in [-0.2, 0) is 4.79 Å². The largest absolute Gasteiger partial charge is 0.478 e. The van der Waals surface area contributed by atoms with E-state index < -0.39 is 12.1 Å². The van der Waals surface area contributed by atoms with Crippen molar-refractivity contribution in [2.24, 2.45) is 5.92 Å². The summed E-state index contributed by atoms with van der Waals surface area (Å²) in [6, 6.07) is 9.25. The lowest BCUT2D eigenvalue weighted by Gasteiger charge is -2.19. The quantitative estimate of drug-likeness (QED) is 0.899. The zero-order valence-electron chi connectivity index (χ0n) is 10.3. The summed E-state index contributed by atoms with van der Waals surface area (Å²) in [5.74, 6) is -0.561. The molecule has 1 aromatic heterocycles. The van der Waals surface area contributed by atoms with Crippen molar-refractivity contribution in [2.75, 3.05) is 0 Å². The van der Waals surface area contributed by atoms with Crippen LogP contribution in [-0.4, -0.2) is 22.2 Å². The third-order valence-corrected chi connectivity index (χ3v) is 2.70. The molecule has 0 aliphatic heterocycles. The molecule has 1 unspecified atom stereocenters. The molecule has 4 heteroatoms. The SMILES string of the molecule is CC(C)C(Oc1cccc2cccnc12)C(=O)O. The molecule has 0 aliphatic carbocycles. The average molecular weight is 245 g/mol. The summed E-state index contributed by atoms with van der Waals surface area (Å²) in [4.78, 5) is 15.4. The summed E-state index contributed by atoms with van der Waals surface area (Å²) in [7, 11) is 0. The van der Waals surface area contributed by atoms with Crippen LogP contribution in [0, 0.1) is 5.92 Å². The average Bonchev–Trinajstić information content (AvgIpc) is 2.35. The highest BCUT2D eigenvalue weighted by Gasteiger charge is 2.24. The van der Waals surface area contributed by atoms with Gasteiger partial charge >= 0.3 is 5.97 Å². The normalized spacial score (nSPS) is 12.6. The van der Waals surface area contributed by atoms with E-state index in [1.54, 1.807) is 12.3 Å². The molecule has 18 heavy (non-hydrogen) atoms. The van der Waals surface area contributed by atoms with Gasteiger partial charge in [-0.15, -0.1) is 0 Å². The maximum atomic E-state index is 11.1. The number of benzene rings is 1. The molecule has 2 rings (SSSR count). The zero-order chi connectivity index (χ0) is 13.1. The second-order valence-electron chi connectivity index (χ2n) is 4.45. The van der Waals surface area contributed by atoms with Gasteiger partial charge in [-0.1, -0.05) is 32.0 Å². The third-order valence-electron chi connectivity index (χ3n) is 2.70. The predicted molar refractivity (Wildman–Crippen MR) is 68.6 cm³/mol. The molecule has 0 spiro atoms. The van der Waals surface area contributed by atoms with Gasteiger partial charge in [0.1, 0.15) is 11.3 Å². The number of para-hydroxylation sites is 1. The van der Waals surface area contributed by atoms with E-state index in [1.807, 2.05) is 38.1 Å². The number of nitrogens with zero attached hydrogens (tertiary/aromatic N) is 1. The Morgan fingerprint density at radius 3 is 2.67 bits per heavy atom. The van der Waals surface area contributed by atoms with Crippen LogP contribution in [0.1, 0.15) is 13.8 Å². The number of ether oxygens (including phenoxy) is 1. The maximum Gasteiger partial charge on any atom is 0.345 e. The molecular weight excluding hydrogens is 230 g/mol. The minimum absolute atomic E-state index is 0.110. The molecule has 1 heterocycles. The molecule has 1 N–H and O–H groups in total. The Balaban J connectivity index is 2.39. The number of hydrogen-bond donors (Lipinski definition) is 1. The Kier molecular flexibility index (Phi) is 3.46. The van der Waals surface area contributed by atoms with Gasteiger partial charge in [-0.25, -0.2) is 4.79 Å². The molecule has 0 saturated carbocycles. The summed E-state index contributed by atoms with van der Waals surface area (Å²) in [5.41, 5.74) is 0.687. The maximum absolute atomic E-state index is 11.1. The number of fused-ring (bicyclic) bond motifs is 1. The molecule has 0 saturated heterocycles. The summed E-state index contributed by atoms with van der Waals surface area (Å²) >= 11 is 0. The summed E-state index contributed by atoms with van der Waals surface area (Å²) in [6.07, 6.45) is 0.804. The second-order valence-corrected chi connectivity index (χ2v) is 4.45. The first-order valence-electron chi connectivity index (χ1n) is 5.83. The van der Waals surface area contributed by atoms with Gasteiger partial charge in [0.15, 0.2) is 6.10 Å². The highest BCUT2D eigenvalue weighted by molar-refractivity contribution is 5.84. The van der Waals surface area contributed by atoms with Crippen LogP contribution >= 0.6 is 0 Å². The molecule has 2 aromatic rings. The smallest absolute Gasteiger partial charge is 0.345 e. The van der Waals surface area contributed by atoms with E-state index in [0.29, 0.717) is 11.3 Å². The minimum Gasteiger partial charge on any atom is -0.478 e. The van der Waals surface area contributed by atoms with Crippen molar-refractivity contribution >= 4 is 16.9 Å². The van der Waals surface area contributed by atoms with E-state index in [2.05, 4.69) is 4.98 Å². The summed E-state index contributed by atoms with van der Waals surface area (Å²) in [6.45, 7) is 3.63. The molecule has 1 aromatic carbocycles. The lowest BCUT2D eigenvalue weighted by molar-refractivity contribution is -0.147. The standard InChI is InChI=1S/C14H15NO3/c1-9(2)13(14(16)17)18-11-7-3-5-10-6-4-8-15-12(10)11/h3-9,13H,1-2H3,(H,16,17). The van der Waals surface area contributed by atoms with Crippen LogP contribution < -0.4 is 4.74 Å². The first-order chi connectivity index (χ1) is 8.59. The van der Waals surface area contributed by atoms with Crippen LogP contribution in [0.25, 0.3) is 10.9 Å². The van der Waals surface area contributed by atoms with E-state index in [0.717, 1.165) is 5.39 Å². The first-order valence-corrected chi connectivity index (χ1v) is 5.83. The number of carboxylic acid groups (broad SMARTS) is 1. The van der Waals surface area contributed by atoms with Gasteiger partial charge in [0.05, 0.1) is 0 Å². The van der Waals surface area contributed by atoms with Gasteiger partial charge in [-0.05, 0) is 12.1 Å². The Morgan fingerprint density at radius 2 is 2.00 bits per heavy atom. The molecule has 94 valence electrons. The third kappa shape index (κ3) is 2.42.